The van der Waals surface area contributed by atoms with Gasteiger partial charge in [0.15, 0.2) is 5.82 Å². The number of aromatic nitrogens is 2. The summed E-state index contributed by atoms with van der Waals surface area (Å²) in [7, 11) is -3.12. The Morgan fingerprint density at radius 3 is 2.43 bits per heavy atom. The van der Waals surface area contributed by atoms with Gasteiger partial charge in [0.2, 0.25) is 15.2 Å². The molecule has 1 aliphatic heterocycles. The predicted octanol–water partition coefficient (Wildman–Crippen LogP) is 2.14. The van der Waals surface area contributed by atoms with Crippen LogP contribution >= 0.6 is 11.5 Å². The lowest BCUT2D eigenvalue weighted by molar-refractivity contribution is 0.179. The molecule has 2 heterocycles. The quantitative estimate of drug-likeness (QED) is 0.730. The second-order valence-corrected chi connectivity index (χ2v) is 10.4. The van der Waals surface area contributed by atoms with Gasteiger partial charge in [-0.15, -0.1) is 0 Å². The van der Waals surface area contributed by atoms with Crippen molar-refractivity contribution < 1.29 is 12.8 Å². The van der Waals surface area contributed by atoms with E-state index < -0.39 is 10.0 Å². The van der Waals surface area contributed by atoms with Gasteiger partial charge in [-0.2, -0.15) is 8.68 Å². The third-order valence-electron chi connectivity index (χ3n) is 4.94. The molecule has 0 atom stereocenters. The van der Waals surface area contributed by atoms with Gasteiger partial charge < -0.3 is 5.32 Å². The molecule has 7 nitrogen and oxygen atoms in total. The van der Waals surface area contributed by atoms with Crippen LogP contribution in [-0.4, -0.2) is 66.0 Å². The van der Waals surface area contributed by atoms with E-state index in [9.17, 15) is 12.8 Å². The van der Waals surface area contributed by atoms with Crippen molar-refractivity contribution in [3.8, 4) is 0 Å². The molecule has 1 fully saturated rings. The fourth-order valence-corrected chi connectivity index (χ4v) is 4.51. The van der Waals surface area contributed by atoms with Crippen LogP contribution in [0.5, 0.6) is 0 Å². The number of rotatable bonds is 7. The lowest BCUT2D eigenvalue weighted by Gasteiger charge is -2.32. The standard InChI is InChI=1S/C18H26FN5O2S2/c1-18(2,14-4-6-15(19)7-5-14)13-20-17-21-16(22-27-17)12-23-8-10-24(11-9-23)28(3,25)26/h4-7H,8-13H2,1-3H3,(H,20,21,22). The van der Waals surface area contributed by atoms with Gasteiger partial charge in [0, 0.05) is 49.7 Å². The van der Waals surface area contributed by atoms with Gasteiger partial charge in [-0.1, -0.05) is 26.0 Å². The van der Waals surface area contributed by atoms with Gasteiger partial charge in [0.1, 0.15) is 5.82 Å². The number of halogens is 1. The van der Waals surface area contributed by atoms with Crippen LogP contribution in [-0.2, 0) is 22.0 Å². The lowest BCUT2D eigenvalue weighted by Crippen LogP contribution is -2.47. The van der Waals surface area contributed by atoms with Crippen molar-refractivity contribution in [2.75, 3.05) is 44.3 Å². The average molecular weight is 428 g/mol. The summed E-state index contributed by atoms with van der Waals surface area (Å²) in [5.74, 6) is 0.499. The number of piperazine rings is 1. The Kier molecular flexibility index (Phi) is 6.33. The fraction of sp³-hybridized carbons (Fsp3) is 0.556. The lowest BCUT2D eigenvalue weighted by atomic mass is 9.85. The molecule has 0 unspecified atom stereocenters. The number of nitrogens with zero attached hydrogens (tertiary/aromatic N) is 4. The van der Waals surface area contributed by atoms with Crippen molar-refractivity contribution in [3.05, 3.63) is 41.5 Å². The van der Waals surface area contributed by atoms with E-state index in [1.54, 1.807) is 12.1 Å². The van der Waals surface area contributed by atoms with Gasteiger partial charge >= 0.3 is 0 Å². The van der Waals surface area contributed by atoms with Crippen LogP contribution < -0.4 is 5.32 Å². The third kappa shape index (κ3) is 5.47. The Balaban J connectivity index is 1.51. The zero-order chi connectivity index (χ0) is 20.4. The van der Waals surface area contributed by atoms with E-state index in [0.717, 1.165) is 16.5 Å². The number of anilines is 1. The molecule has 3 rings (SSSR count). The number of benzene rings is 1. The Morgan fingerprint density at radius 1 is 1.18 bits per heavy atom. The molecular weight excluding hydrogens is 401 g/mol. The first kappa shape index (κ1) is 21.1. The Morgan fingerprint density at radius 2 is 1.82 bits per heavy atom. The van der Waals surface area contributed by atoms with Crippen molar-refractivity contribution in [1.29, 1.82) is 0 Å². The largest absolute Gasteiger partial charge is 0.359 e. The SMILES string of the molecule is CC(C)(CNc1nc(CN2CCN(S(C)(=O)=O)CC2)ns1)c1ccc(F)cc1. The molecule has 0 saturated carbocycles. The Labute approximate surface area is 169 Å². The minimum Gasteiger partial charge on any atom is -0.359 e. The van der Waals surface area contributed by atoms with Crippen LogP contribution in [0.3, 0.4) is 0 Å². The highest BCUT2D eigenvalue weighted by Crippen LogP contribution is 2.24. The molecule has 1 aliphatic rings. The first-order valence-electron chi connectivity index (χ1n) is 9.13. The van der Waals surface area contributed by atoms with Gasteiger partial charge in [-0.05, 0) is 17.7 Å². The zero-order valence-electron chi connectivity index (χ0n) is 16.4. The molecule has 0 spiro atoms. The molecule has 2 aromatic rings. The van der Waals surface area contributed by atoms with Crippen LogP contribution in [0.4, 0.5) is 9.52 Å². The first-order valence-corrected chi connectivity index (χ1v) is 11.8. The molecule has 1 saturated heterocycles. The van der Waals surface area contributed by atoms with Crippen molar-refractivity contribution >= 4 is 26.7 Å². The second kappa shape index (κ2) is 8.40. The maximum Gasteiger partial charge on any atom is 0.211 e. The number of sulfonamides is 1. The van der Waals surface area contributed by atoms with E-state index in [1.807, 2.05) is 0 Å². The van der Waals surface area contributed by atoms with Gasteiger partial charge in [0.05, 0.1) is 12.8 Å². The van der Waals surface area contributed by atoms with Crippen molar-refractivity contribution in [1.82, 2.24) is 18.6 Å². The van der Waals surface area contributed by atoms with Crippen molar-refractivity contribution in [3.63, 3.8) is 0 Å². The Bertz CT molecular complexity index is 891. The molecule has 10 heteroatoms. The van der Waals surface area contributed by atoms with Crippen LogP contribution in [0.25, 0.3) is 0 Å². The van der Waals surface area contributed by atoms with E-state index in [2.05, 4.69) is 33.4 Å². The van der Waals surface area contributed by atoms with Gasteiger partial charge in [-0.25, -0.2) is 17.8 Å². The molecule has 1 N–H and O–H groups in total. The molecule has 0 amide bonds. The average Bonchev–Trinajstić information content (AvgIpc) is 3.08. The third-order valence-corrected chi connectivity index (χ3v) is 6.95. The number of nitrogens with one attached hydrogen (secondary N) is 1. The zero-order valence-corrected chi connectivity index (χ0v) is 18.0. The second-order valence-electron chi connectivity index (χ2n) is 7.70. The molecule has 28 heavy (non-hydrogen) atoms. The molecular formula is C18H26FN5O2S2. The summed E-state index contributed by atoms with van der Waals surface area (Å²) < 4.78 is 42.2. The highest BCUT2D eigenvalue weighted by atomic mass is 32.2. The summed E-state index contributed by atoms with van der Waals surface area (Å²) in [6, 6.07) is 6.56. The Hall–Kier alpha value is -1.62. The van der Waals surface area contributed by atoms with E-state index in [1.165, 1.54) is 34.2 Å². The molecule has 0 radical (unpaired) electrons. The molecule has 0 aliphatic carbocycles. The summed E-state index contributed by atoms with van der Waals surface area (Å²) in [6.45, 7) is 7.80. The monoisotopic (exact) mass is 427 g/mol. The number of hydrogen-bond donors (Lipinski definition) is 1. The first-order chi connectivity index (χ1) is 13.1. The fourth-order valence-electron chi connectivity index (χ4n) is 3.11. The van der Waals surface area contributed by atoms with Crippen LogP contribution in [0.2, 0.25) is 0 Å². The minimum absolute atomic E-state index is 0.179. The molecule has 0 bridgehead atoms. The van der Waals surface area contributed by atoms with Crippen LogP contribution in [0, 0.1) is 5.82 Å². The summed E-state index contributed by atoms with van der Waals surface area (Å²) >= 11 is 1.32. The maximum absolute atomic E-state index is 13.1. The summed E-state index contributed by atoms with van der Waals surface area (Å²) in [5.41, 5.74) is 0.872. The summed E-state index contributed by atoms with van der Waals surface area (Å²) in [4.78, 5) is 6.71. The summed E-state index contributed by atoms with van der Waals surface area (Å²) in [5, 5.41) is 4.08. The van der Waals surface area contributed by atoms with E-state index in [4.69, 9.17) is 0 Å². The minimum atomic E-state index is -3.12. The smallest absolute Gasteiger partial charge is 0.211 e. The van der Waals surface area contributed by atoms with Crippen LogP contribution in [0.15, 0.2) is 24.3 Å². The molecule has 154 valence electrons. The van der Waals surface area contributed by atoms with Crippen LogP contribution in [0.1, 0.15) is 25.2 Å². The topological polar surface area (TPSA) is 78.4 Å². The molecule has 1 aromatic heterocycles. The highest BCUT2D eigenvalue weighted by Gasteiger charge is 2.24. The summed E-state index contributed by atoms with van der Waals surface area (Å²) in [6.07, 6.45) is 1.25. The van der Waals surface area contributed by atoms with E-state index >= 15 is 0 Å². The van der Waals surface area contributed by atoms with Gasteiger partial charge in [-0.3, -0.25) is 4.90 Å². The van der Waals surface area contributed by atoms with E-state index in [0.29, 0.717) is 39.3 Å². The van der Waals surface area contributed by atoms with Gasteiger partial charge in [0.25, 0.3) is 0 Å². The van der Waals surface area contributed by atoms with E-state index in [-0.39, 0.29) is 11.2 Å². The predicted molar refractivity (Wildman–Crippen MR) is 110 cm³/mol. The normalized spacial score (nSPS) is 17.0. The number of hydrogen-bond acceptors (Lipinski definition) is 7. The molecule has 1 aromatic carbocycles. The van der Waals surface area contributed by atoms with Crippen molar-refractivity contribution in [2.45, 2.75) is 25.8 Å². The maximum atomic E-state index is 13.1. The highest BCUT2D eigenvalue weighted by molar-refractivity contribution is 7.88. The van der Waals surface area contributed by atoms with Crippen molar-refractivity contribution in [2.24, 2.45) is 0 Å².